The van der Waals surface area contributed by atoms with Crippen molar-refractivity contribution in [3.05, 3.63) is 138 Å². The van der Waals surface area contributed by atoms with Crippen LogP contribution in [0.3, 0.4) is 0 Å². The molecule has 0 aliphatic carbocycles. The van der Waals surface area contributed by atoms with E-state index in [-0.39, 0.29) is 5.97 Å². The van der Waals surface area contributed by atoms with Crippen molar-refractivity contribution in [2.24, 2.45) is 0 Å². The topological polar surface area (TPSA) is 50.8 Å². The molecule has 0 aromatic heterocycles. The van der Waals surface area contributed by atoms with Gasteiger partial charge in [0.2, 0.25) is 0 Å². The summed E-state index contributed by atoms with van der Waals surface area (Å²) in [7, 11) is 0. The molecule has 0 amide bonds. The van der Waals surface area contributed by atoms with Crippen molar-refractivity contribution in [1.82, 2.24) is 0 Å². The quantitative estimate of drug-likeness (QED) is 0.121. The maximum atomic E-state index is 12.2. The van der Waals surface area contributed by atoms with Crippen LogP contribution in [0.5, 0.6) is 5.75 Å². The lowest BCUT2D eigenvalue weighted by atomic mass is 9.99. The minimum absolute atomic E-state index is 0.330. The molecule has 1 heterocycles. The second kappa shape index (κ2) is 13.7. The number of ether oxygens (including phenoxy) is 2. The molecule has 5 nitrogen and oxygen atoms in total. The van der Waals surface area contributed by atoms with Crippen molar-refractivity contribution in [2.75, 3.05) is 23.4 Å². The lowest BCUT2D eigenvalue weighted by Gasteiger charge is -2.28. The number of rotatable bonds is 11. The molecule has 222 valence electrons. The largest absolute Gasteiger partial charge is 0.488 e. The third-order valence-electron chi connectivity index (χ3n) is 8.05. The number of hydrogen-bond donors (Lipinski definition) is 1. The van der Waals surface area contributed by atoms with Crippen molar-refractivity contribution in [3.8, 4) is 5.75 Å². The Balaban J connectivity index is 1.13. The summed E-state index contributed by atoms with van der Waals surface area (Å²) in [5.41, 5.74) is 6.41. The number of carbonyl (C=O) groups is 1. The molecule has 0 spiro atoms. The zero-order chi connectivity index (χ0) is 30.3. The molecule has 1 aliphatic heterocycles. The Hall–Kier alpha value is -4.68. The predicted molar refractivity (Wildman–Crippen MR) is 183 cm³/mol. The van der Waals surface area contributed by atoms with Crippen LogP contribution < -0.4 is 15.0 Å². The molecular formula is C38H36N2O3S. The lowest BCUT2D eigenvalue weighted by molar-refractivity contribution is 0.0526. The van der Waals surface area contributed by atoms with Crippen LogP contribution in [0.15, 0.2) is 115 Å². The van der Waals surface area contributed by atoms with E-state index in [1.807, 2.05) is 36.4 Å². The summed E-state index contributed by atoms with van der Waals surface area (Å²) in [6.45, 7) is 3.50. The van der Waals surface area contributed by atoms with Gasteiger partial charge in [0.15, 0.2) is 0 Å². The number of hydrogen-bond acceptors (Lipinski definition) is 5. The second-order valence-electron chi connectivity index (χ2n) is 11.1. The number of anilines is 2. The fourth-order valence-corrected chi connectivity index (χ4v) is 6.17. The minimum atomic E-state index is -0.330. The first-order chi connectivity index (χ1) is 21.6. The maximum Gasteiger partial charge on any atom is 0.338 e. The second-order valence-corrected chi connectivity index (χ2v) is 11.6. The van der Waals surface area contributed by atoms with E-state index in [1.54, 1.807) is 19.1 Å². The number of benzene rings is 5. The predicted octanol–water partition coefficient (Wildman–Crippen LogP) is 8.40. The van der Waals surface area contributed by atoms with E-state index in [0.29, 0.717) is 31.2 Å². The SMILES string of the molecule is CCOC(=O)c1cccc(NC(=S)CCN2c3ccccc3CC2Cc2ccc3c(OCc4ccccc4)cccc3c2)c1. The van der Waals surface area contributed by atoms with Gasteiger partial charge < -0.3 is 19.7 Å². The van der Waals surface area contributed by atoms with Crippen LogP contribution in [-0.2, 0) is 24.2 Å². The van der Waals surface area contributed by atoms with Crippen LogP contribution in [0, 0.1) is 0 Å². The van der Waals surface area contributed by atoms with E-state index in [1.165, 1.54) is 22.2 Å². The fourth-order valence-electron chi connectivity index (χ4n) is 5.96. The zero-order valence-corrected chi connectivity index (χ0v) is 25.7. The molecule has 44 heavy (non-hydrogen) atoms. The molecule has 5 aromatic rings. The average molecular weight is 601 g/mol. The Morgan fingerprint density at radius 3 is 2.57 bits per heavy atom. The van der Waals surface area contributed by atoms with E-state index in [4.69, 9.17) is 21.7 Å². The van der Waals surface area contributed by atoms with Crippen molar-refractivity contribution in [1.29, 1.82) is 0 Å². The minimum Gasteiger partial charge on any atom is -0.488 e. The highest BCUT2D eigenvalue weighted by atomic mass is 32.1. The molecule has 1 N–H and O–H groups in total. The summed E-state index contributed by atoms with van der Waals surface area (Å²) in [5, 5.41) is 5.64. The molecule has 0 fully saturated rings. The first kappa shape index (κ1) is 29.4. The van der Waals surface area contributed by atoms with Gasteiger partial charge in [0.1, 0.15) is 12.4 Å². The molecule has 1 atom stereocenters. The van der Waals surface area contributed by atoms with Gasteiger partial charge in [0.05, 0.1) is 17.2 Å². The normalized spacial score (nSPS) is 13.8. The van der Waals surface area contributed by atoms with Crippen LogP contribution in [0.4, 0.5) is 11.4 Å². The van der Waals surface area contributed by atoms with Gasteiger partial charge in [-0.1, -0.05) is 97.1 Å². The standard InChI is InChI=1S/C38H36N2O3S/c1-2-42-38(41)31-14-8-15-32(24-31)39-37(44)20-21-40-33(25-30-12-6-7-16-35(30)40)23-28-18-19-34-29(22-28)13-9-17-36(34)43-26-27-10-4-3-5-11-27/h3-19,22,24,33H,2,20-21,23,25-26H2,1H3,(H,39,44). The van der Waals surface area contributed by atoms with Crippen molar-refractivity contribution < 1.29 is 14.3 Å². The van der Waals surface area contributed by atoms with Crippen LogP contribution in [0.25, 0.3) is 10.8 Å². The molecule has 0 saturated carbocycles. The molecule has 1 unspecified atom stereocenters. The Labute approximate surface area is 264 Å². The smallest absolute Gasteiger partial charge is 0.338 e. The van der Waals surface area contributed by atoms with Gasteiger partial charge in [0.25, 0.3) is 0 Å². The van der Waals surface area contributed by atoms with Gasteiger partial charge in [-0.3, -0.25) is 0 Å². The molecule has 5 aromatic carbocycles. The first-order valence-corrected chi connectivity index (χ1v) is 15.6. The van der Waals surface area contributed by atoms with Crippen LogP contribution >= 0.6 is 12.2 Å². The van der Waals surface area contributed by atoms with Crippen LogP contribution in [0.2, 0.25) is 0 Å². The molecular weight excluding hydrogens is 564 g/mol. The Morgan fingerprint density at radius 2 is 1.70 bits per heavy atom. The van der Waals surface area contributed by atoms with Crippen LogP contribution in [0.1, 0.15) is 40.4 Å². The maximum absolute atomic E-state index is 12.2. The summed E-state index contributed by atoms with van der Waals surface area (Å²) in [6.07, 6.45) is 2.63. The first-order valence-electron chi connectivity index (χ1n) is 15.2. The van der Waals surface area contributed by atoms with Gasteiger partial charge >= 0.3 is 5.97 Å². The summed E-state index contributed by atoms with van der Waals surface area (Å²) in [5.74, 6) is 0.574. The number of fused-ring (bicyclic) bond motifs is 2. The van der Waals surface area contributed by atoms with E-state index in [2.05, 4.69) is 76.9 Å². The van der Waals surface area contributed by atoms with Gasteiger partial charge in [-0.2, -0.15) is 0 Å². The molecule has 6 rings (SSSR count). The zero-order valence-electron chi connectivity index (χ0n) is 24.9. The number of nitrogens with zero attached hydrogens (tertiary/aromatic N) is 1. The van der Waals surface area contributed by atoms with E-state index in [9.17, 15) is 4.79 Å². The average Bonchev–Trinajstić information content (AvgIpc) is 3.40. The summed E-state index contributed by atoms with van der Waals surface area (Å²) in [6, 6.07) is 39.6. The van der Waals surface area contributed by atoms with Gasteiger partial charge in [0, 0.05) is 35.8 Å². The van der Waals surface area contributed by atoms with Crippen molar-refractivity contribution in [3.63, 3.8) is 0 Å². The Kier molecular flexibility index (Phi) is 9.18. The van der Waals surface area contributed by atoms with E-state index < -0.39 is 0 Å². The highest BCUT2D eigenvalue weighted by Gasteiger charge is 2.29. The fraction of sp³-hybridized carbons (Fsp3) is 0.211. The summed E-state index contributed by atoms with van der Waals surface area (Å²) >= 11 is 5.75. The molecule has 6 heteroatoms. The van der Waals surface area contributed by atoms with Crippen LogP contribution in [-0.4, -0.2) is 30.2 Å². The summed E-state index contributed by atoms with van der Waals surface area (Å²) in [4.78, 5) is 15.4. The monoisotopic (exact) mass is 600 g/mol. The Bertz CT molecular complexity index is 1770. The highest BCUT2D eigenvalue weighted by molar-refractivity contribution is 7.80. The van der Waals surface area contributed by atoms with E-state index >= 15 is 0 Å². The molecule has 0 bridgehead atoms. The van der Waals surface area contributed by atoms with E-state index in [0.717, 1.165) is 46.8 Å². The number of para-hydroxylation sites is 1. The molecule has 0 radical (unpaired) electrons. The number of esters is 1. The molecule has 0 saturated heterocycles. The third-order valence-corrected chi connectivity index (χ3v) is 8.35. The number of carbonyl (C=O) groups excluding carboxylic acids is 1. The lowest BCUT2D eigenvalue weighted by Crippen LogP contribution is -2.36. The molecule has 1 aliphatic rings. The highest BCUT2D eigenvalue weighted by Crippen LogP contribution is 2.35. The van der Waals surface area contributed by atoms with Crippen molar-refractivity contribution >= 4 is 45.3 Å². The van der Waals surface area contributed by atoms with Crippen molar-refractivity contribution in [2.45, 2.75) is 38.8 Å². The third kappa shape index (κ3) is 6.92. The Morgan fingerprint density at radius 1 is 0.886 bits per heavy atom. The summed E-state index contributed by atoms with van der Waals surface area (Å²) < 4.78 is 11.4. The van der Waals surface area contributed by atoms with Gasteiger partial charge in [-0.25, -0.2) is 4.79 Å². The van der Waals surface area contributed by atoms with Gasteiger partial charge in [-0.15, -0.1) is 0 Å². The number of thiocarbonyl (C=S) groups is 1. The van der Waals surface area contributed by atoms with Gasteiger partial charge in [-0.05, 0) is 72.2 Å². The number of nitrogens with one attached hydrogen (secondary N) is 1.